The maximum Gasteiger partial charge on any atom is -0.00851 e. The van der Waals surface area contributed by atoms with E-state index < -0.39 is 0 Å². The summed E-state index contributed by atoms with van der Waals surface area (Å²) < 4.78 is 0. The normalized spacial score (nSPS) is 46.5. The maximum atomic E-state index is 2.75. The van der Waals surface area contributed by atoms with Crippen LogP contribution in [0.1, 0.15) is 112 Å². The highest BCUT2D eigenvalue weighted by atomic mass is 14.6. The van der Waals surface area contributed by atoms with Crippen molar-refractivity contribution >= 4 is 0 Å². The summed E-state index contributed by atoms with van der Waals surface area (Å²) in [5.41, 5.74) is 3.06. The Morgan fingerprint density at radius 2 is 1.75 bits per heavy atom. The van der Waals surface area contributed by atoms with E-state index in [2.05, 4.69) is 47.6 Å². The third-order valence-corrected chi connectivity index (χ3v) is 10.6. The van der Waals surface area contributed by atoms with Crippen molar-refractivity contribution in [2.75, 3.05) is 0 Å². The van der Waals surface area contributed by atoms with Gasteiger partial charge in [-0.2, -0.15) is 0 Å². The largest absolute Gasteiger partial charge is 0.0845 e. The van der Waals surface area contributed by atoms with Gasteiger partial charge < -0.3 is 0 Å². The first-order valence-electron chi connectivity index (χ1n) is 12.9. The molecule has 0 spiro atoms. The van der Waals surface area contributed by atoms with Gasteiger partial charge in [-0.3, -0.25) is 0 Å². The summed E-state index contributed by atoms with van der Waals surface area (Å²) in [5.74, 6) is 6.73. The average Bonchev–Trinajstić information content (AvgIpc) is 2.99. The Labute approximate surface area is 176 Å². The second kappa shape index (κ2) is 7.77. The second-order valence-electron chi connectivity index (χ2n) is 12.6. The molecule has 0 aliphatic heterocycles. The SMILES string of the molecule is CC(C)CCCC(C)C1CCC2C3CC=C4C[C@@H](C)CCC4(C)C3CC[C@]12C. The summed E-state index contributed by atoms with van der Waals surface area (Å²) in [4.78, 5) is 0. The zero-order valence-electron chi connectivity index (χ0n) is 19.9. The van der Waals surface area contributed by atoms with E-state index in [4.69, 9.17) is 0 Å². The molecule has 160 valence electrons. The smallest absolute Gasteiger partial charge is 0.00851 e. The summed E-state index contributed by atoms with van der Waals surface area (Å²) in [7, 11) is 0. The van der Waals surface area contributed by atoms with Crippen LogP contribution in [-0.2, 0) is 0 Å². The fourth-order valence-corrected chi connectivity index (χ4v) is 8.87. The molecular formula is C28H48. The van der Waals surface area contributed by atoms with Crippen molar-refractivity contribution < 1.29 is 0 Å². The molecule has 3 saturated carbocycles. The second-order valence-corrected chi connectivity index (χ2v) is 12.6. The molecule has 0 radical (unpaired) electrons. The molecule has 0 saturated heterocycles. The molecule has 4 aliphatic carbocycles. The van der Waals surface area contributed by atoms with Crippen LogP contribution in [0.3, 0.4) is 0 Å². The fraction of sp³-hybridized carbons (Fsp3) is 0.929. The average molecular weight is 385 g/mol. The monoisotopic (exact) mass is 384 g/mol. The summed E-state index contributed by atoms with van der Waals surface area (Å²) in [6.07, 6.45) is 19.0. The predicted octanol–water partition coefficient (Wildman–Crippen LogP) is 8.66. The van der Waals surface area contributed by atoms with E-state index in [1.165, 1.54) is 70.6 Å². The van der Waals surface area contributed by atoms with Crippen molar-refractivity contribution in [1.82, 2.24) is 0 Å². The van der Waals surface area contributed by atoms with Crippen molar-refractivity contribution in [3.63, 3.8) is 0 Å². The van der Waals surface area contributed by atoms with Crippen LogP contribution in [0.15, 0.2) is 11.6 Å². The minimum absolute atomic E-state index is 0.553. The van der Waals surface area contributed by atoms with Crippen LogP contribution in [0.25, 0.3) is 0 Å². The van der Waals surface area contributed by atoms with E-state index in [0.29, 0.717) is 10.8 Å². The zero-order valence-corrected chi connectivity index (χ0v) is 19.9. The van der Waals surface area contributed by atoms with Crippen molar-refractivity contribution in [2.24, 2.45) is 52.3 Å². The van der Waals surface area contributed by atoms with Gasteiger partial charge in [-0.25, -0.2) is 0 Å². The van der Waals surface area contributed by atoms with E-state index in [-0.39, 0.29) is 0 Å². The Morgan fingerprint density at radius 1 is 0.964 bits per heavy atom. The third kappa shape index (κ3) is 3.43. The van der Waals surface area contributed by atoms with Crippen molar-refractivity contribution in [2.45, 2.75) is 112 Å². The van der Waals surface area contributed by atoms with Gasteiger partial charge in [0.2, 0.25) is 0 Å². The number of hydrogen-bond acceptors (Lipinski definition) is 0. The van der Waals surface area contributed by atoms with Gasteiger partial charge in [-0.1, -0.05) is 72.5 Å². The van der Waals surface area contributed by atoms with Crippen LogP contribution >= 0.6 is 0 Å². The quantitative estimate of drug-likeness (QED) is 0.416. The van der Waals surface area contributed by atoms with Crippen LogP contribution in [0, 0.1) is 52.3 Å². The van der Waals surface area contributed by atoms with E-state index in [1.807, 2.05) is 5.57 Å². The third-order valence-electron chi connectivity index (χ3n) is 10.6. The highest BCUT2D eigenvalue weighted by Gasteiger charge is 2.58. The van der Waals surface area contributed by atoms with Crippen LogP contribution < -0.4 is 0 Å². The first-order valence-corrected chi connectivity index (χ1v) is 12.9. The molecular weight excluding hydrogens is 336 g/mol. The molecule has 0 heterocycles. The Hall–Kier alpha value is -0.260. The number of hydrogen-bond donors (Lipinski definition) is 0. The molecule has 6 unspecified atom stereocenters. The van der Waals surface area contributed by atoms with Crippen LogP contribution in [0.2, 0.25) is 0 Å². The van der Waals surface area contributed by atoms with Gasteiger partial charge in [0.05, 0.1) is 0 Å². The first kappa shape index (κ1) is 21.0. The standard InChI is InChI=1S/C28H48/c1-19(2)8-7-9-21(4)24-12-13-25-23-11-10-22-18-20(3)14-16-27(22,5)26(23)15-17-28(24,25)6/h10,19-21,23-26H,7-9,11-18H2,1-6H3/t20-,21?,23?,24?,25?,26?,27?,28+/m0/s1. The highest BCUT2D eigenvalue weighted by Crippen LogP contribution is 2.67. The Bertz CT molecular complexity index is 585. The summed E-state index contributed by atoms with van der Waals surface area (Å²) in [5, 5.41) is 0. The number of rotatable bonds is 5. The molecule has 3 fully saturated rings. The first-order chi connectivity index (χ1) is 13.3. The summed E-state index contributed by atoms with van der Waals surface area (Å²) in [6, 6.07) is 0. The van der Waals surface area contributed by atoms with Gasteiger partial charge in [0.1, 0.15) is 0 Å². The summed E-state index contributed by atoms with van der Waals surface area (Å²) >= 11 is 0. The topological polar surface area (TPSA) is 0 Å². The molecule has 0 N–H and O–H groups in total. The molecule has 0 nitrogen and oxygen atoms in total. The van der Waals surface area contributed by atoms with E-state index in [1.54, 1.807) is 0 Å². The van der Waals surface area contributed by atoms with E-state index >= 15 is 0 Å². The lowest BCUT2D eigenvalue weighted by Crippen LogP contribution is -2.50. The van der Waals surface area contributed by atoms with E-state index in [0.717, 1.165) is 41.4 Å². The van der Waals surface area contributed by atoms with Crippen molar-refractivity contribution in [3.05, 3.63) is 11.6 Å². The lowest BCUT2D eigenvalue weighted by atomic mass is 9.46. The fourth-order valence-electron chi connectivity index (χ4n) is 8.87. The minimum Gasteiger partial charge on any atom is -0.0845 e. The van der Waals surface area contributed by atoms with Gasteiger partial charge in [0.25, 0.3) is 0 Å². The van der Waals surface area contributed by atoms with Crippen LogP contribution in [0.5, 0.6) is 0 Å². The van der Waals surface area contributed by atoms with Gasteiger partial charge in [0.15, 0.2) is 0 Å². The highest BCUT2D eigenvalue weighted by molar-refractivity contribution is 5.25. The Morgan fingerprint density at radius 3 is 2.50 bits per heavy atom. The van der Waals surface area contributed by atoms with Gasteiger partial charge >= 0.3 is 0 Å². The number of allylic oxidation sites excluding steroid dienone is 2. The molecule has 0 amide bonds. The maximum absolute atomic E-state index is 2.75. The van der Waals surface area contributed by atoms with Crippen LogP contribution in [0.4, 0.5) is 0 Å². The molecule has 0 aromatic heterocycles. The molecule has 4 aliphatic rings. The molecule has 4 rings (SSSR count). The Balaban J connectivity index is 1.49. The van der Waals surface area contributed by atoms with Gasteiger partial charge in [-0.05, 0) is 104 Å². The van der Waals surface area contributed by atoms with Crippen molar-refractivity contribution in [3.8, 4) is 0 Å². The zero-order chi connectivity index (χ0) is 20.1. The molecule has 0 heteroatoms. The van der Waals surface area contributed by atoms with Crippen LogP contribution in [-0.4, -0.2) is 0 Å². The minimum atomic E-state index is 0.553. The lowest BCUT2D eigenvalue weighted by molar-refractivity contribution is -0.0523. The van der Waals surface area contributed by atoms with Gasteiger partial charge in [-0.15, -0.1) is 0 Å². The molecule has 28 heavy (non-hydrogen) atoms. The van der Waals surface area contributed by atoms with Gasteiger partial charge in [0, 0.05) is 0 Å². The molecule has 8 atom stereocenters. The Kier molecular flexibility index (Phi) is 5.83. The predicted molar refractivity (Wildman–Crippen MR) is 122 cm³/mol. The molecule has 0 bridgehead atoms. The number of fused-ring (bicyclic) bond motifs is 5. The molecule has 0 aromatic carbocycles. The van der Waals surface area contributed by atoms with Crippen molar-refractivity contribution in [1.29, 1.82) is 0 Å². The summed E-state index contributed by atoms with van der Waals surface area (Å²) in [6.45, 7) is 15.3. The molecule has 0 aromatic rings. The lowest BCUT2D eigenvalue weighted by Gasteiger charge is -2.58. The van der Waals surface area contributed by atoms with E-state index in [9.17, 15) is 0 Å².